The normalized spacial score (nSPS) is 14.9. The quantitative estimate of drug-likeness (QED) is 0.415. The van der Waals surface area contributed by atoms with E-state index in [-0.39, 0.29) is 18.4 Å². The second kappa shape index (κ2) is 7.74. The van der Waals surface area contributed by atoms with Crippen molar-refractivity contribution in [1.29, 1.82) is 0 Å². The van der Waals surface area contributed by atoms with Crippen molar-refractivity contribution in [3.8, 4) is 0 Å². The number of esters is 2. The summed E-state index contributed by atoms with van der Waals surface area (Å²) in [6.45, 7) is 11.7. The van der Waals surface area contributed by atoms with Gasteiger partial charge in [0, 0.05) is 18.1 Å². The second-order valence-corrected chi connectivity index (χ2v) is 4.51. The fourth-order valence-electron chi connectivity index (χ4n) is 1.62. The molecular weight excluding hydrogens is 248 g/mol. The Morgan fingerprint density at radius 2 is 2.00 bits per heavy atom. The Morgan fingerprint density at radius 1 is 1.42 bits per heavy atom. The molecule has 19 heavy (non-hydrogen) atoms. The van der Waals surface area contributed by atoms with E-state index in [1.165, 1.54) is 13.8 Å². The molecule has 0 aliphatic rings. The summed E-state index contributed by atoms with van der Waals surface area (Å²) < 4.78 is 10.4. The Hall–Kier alpha value is -1.62. The summed E-state index contributed by atoms with van der Waals surface area (Å²) >= 11 is 0. The molecule has 0 bridgehead atoms. The third-order valence-corrected chi connectivity index (χ3v) is 2.32. The predicted octanol–water partition coefficient (Wildman–Crippen LogP) is 2.10. The van der Waals surface area contributed by atoms with Crippen LogP contribution in [0.3, 0.4) is 0 Å². The smallest absolute Gasteiger partial charge is 0.336 e. The van der Waals surface area contributed by atoms with E-state index < -0.39 is 23.8 Å². The van der Waals surface area contributed by atoms with Crippen LogP contribution in [0, 0.1) is 0 Å². The average molecular weight is 270 g/mol. The maximum absolute atomic E-state index is 11.7. The number of carbonyl (C=O) groups excluding carboxylic acids is 2. The number of rotatable bonds is 8. The van der Waals surface area contributed by atoms with Gasteiger partial charge in [-0.3, -0.25) is 0 Å². The lowest BCUT2D eigenvalue weighted by molar-refractivity contribution is -0.233. The van der Waals surface area contributed by atoms with E-state index in [1.807, 2.05) is 6.92 Å². The number of aliphatic hydroxyl groups is 1. The first-order chi connectivity index (χ1) is 8.76. The van der Waals surface area contributed by atoms with Gasteiger partial charge < -0.3 is 14.6 Å². The summed E-state index contributed by atoms with van der Waals surface area (Å²) in [5, 5.41) is 9.52. The molecule has 2 atom stereocenters. The van der Waals surface area contributed by atoms with E-state index in [2.05, 4.69) is 13.2 Å². The summed E-state index contributed by atoms with van der Waals surface area (Å²) in [6.07, 6.45) is 1.10. The fourth-order valence-corrected chi connectivity index (χ4v) is 1.62. The van der Waals surface area contributed by atoms with Crippen molar-refractivity contribution in [2.75, 3.05) is 0 Å². The monoisotopic (exact) mass is 270 g/mol. The van der Waals surface area contributed by atoms with Crippen LogP contribution in [0.4, 0.5) is 0 Å². The first-order valence-corrected chi connectivity index (χ1v) is 6.18. The van der Waals surface area contributed by atoms with E-state index in [0.29, 0.717) is 6.42 Å². The van der Waals surface area contributed by atoms with Gasteiger partial charge in [0.1, 0.15) is 0 Å². The Balaban J connectivity index is 5.21. The van der Waals surface area contributed by atoms with Crippen molar-refractivity contribution >= 4 is 11.9 Å². The van der Waals surface area contributed by atoms with E-state index in [0.717, 1.165) is 6.08 Å². The summed E-state index contributed by atoms with van der Waals surface area (Å²) in [6, 6.07) is 0. The highest BCUT2D eigenvalue weighted by molar-refractivity contribution is 5.87. The van der Waals surface area contributed by atoms with Crippen molar-refractivity contribution < 1.29 is 24.2 Å². The van der Waals surface area contributed by atoms with Gasteiger partial charge >= 0.3 is 11.9 Å². The molecule has 0 aromatic carbocycles. The molecule has 0 aromatic rings. The highest BCUT2D eigenvalue weighted by Gasteiger charge is 2.38. The molecule has 0 rings (SSSR count). The Morgan fingerprint density at radius 3 is 2.37 bits per heavy atom. The van der Waals surface area contributed by atoms with Crippen molar-refractivity contribution in [2.24, 2.45) is 0 Å². The van der Waals surface area contributed by atoms with Gasteiger partial charge in [0.15, 0.2) is 0 Å². The maximum Gasteiger partial charge on any atom is 0.336 e. The highest BCUT2D eigenvalue weighted by atomic mass is 16.7. The van der Waals surface area contributed by atoms with Crippen LogP contribution in [-0.2, 0) is 19.1 Å². The van der Waals surface area contributed by atoms with Gasteiger partial charge in [-0.1, -0.05) is 20.1 Å². The van der Waals surface area contributed by atoms with Crippen LogP contribution >= 0.6 is 0 Å². The van der Waals surface area contributed by atoms with Crippen LogP contribution in [0.25, 0.3) is 0 Å². The van der Waals surface area contributed by atoms with Gasteiger partial charge in [-0.05, 0) is 20.3 Å². The lowest BCUT2D eigenvalue weighted by atomic mass is 10.0. The standard InChI is InChI=1S/C14H22O5/c1-6-8-14(9-11(5)15,18-12(16)7-2)19-13(17)10(3)4/h7,11,15H,2-3,6,8-9H2,1,4-5H3. The molecule has 0 saturated heterocycles. The minimum Gasteiger partial charge on any atom is -0.419 e. The largest absolute Gasteiger partial charge is 0.419 e. The molecule has 0 amide bonds. The van der Waals surface area contributed by atoms with E-state index in [4.69, 9.17) is 9.47 Å². The van der Waals surface area contributed by atoms with E-state index in [9.17, 15) is 14.7 Å². The number of aliphatic hydroxyl groups excluding tert-OH is 1. The van der Waals surface area contributed by atoms with Crippen LogP contribution in [0.2, 0.25) is 0 Å². The predicted molar refractivity (Wildman–Crippen MR) is 71.1 cm³/mol. The van der Waals surface area contributed by atoms with Gasteiger partial charge in [0.25, 0.3) is 5.79 Å². The van der Waals surface area contributed by atoms with Crippen molar-refractivity contribution in [3.05, 3.63) is 24.8 Å². The molecule has 0 spiro atoms. The average Bonchev–Trinajstić information content (AvgIpc) is 2.27. The molecule has 5 heteroatoms. The molecule has 1 N–H and O–H groups in total. The van der Waals surface area contributed by atoms with Gasteiger partial charge in [0.05, 0.1) is 12.5 Å². The minimum atomic E-state index is -1.48. The Labute approximate surface area is 113 Å². The summed E-state index contributed by atoms with van der Waals surface area (Å²) in [5.41, 5.74) is 0.195. The van der Waals surface area contributed by atoms with Crippen LogP contribution in [0.15, 0.2) is 24.8 Å². The Kier molecular flexibility index (Phi) is 7.08. The zero-order valence-corrected chi connectivity index (χ0v) is 11.8. The molecule has 0 aliphatic heterocycles. The van der Waals surface area contributed by atoms with Crippen molar-refractivity contribution in [2.45, 2.75) is 51.9 Å². The van der Waals surface area contributed by atoms with Crippen molar-refractivity contribution in [3.63, 3.8) is 0 Å². The zero-order chi connectivity index (χ0) is 15.1. The lowest BCUT2D eigenvalue weighted by Gasteiger charge is -2.33. The molecule has 0 saturated carbocycles. The number of hydrogen-bond donors (Lipinski definition) is 1. The third-order valence-electron chi connectivity index (χ3n) is 2.32. The molecule has 5 nitrogen and oxygen atoms in total. The Bertz CT molecular complexity index is 359. The molecule has 2 unspecified atom stereocenters. The summed E-state index contributed by atoms with van der Waals surface area (Å²) in [7, 11) is 0. The molecule has 0 fully saturated rings. The van der Waals surface area contributed by atoms with Gasteiger partial charge in [-0.25, -0.2) is 9.59 Å². The van der Waals surface area contributed by atoms with E-state index >= 15 is 0 Å². The number of hydrogen-bond acceptors (Lipinski definition) is 5. The molecular formula is C14H22O5. The van der Waals surface area contributed by atoms with Crippen LogP contribution in [-0.4, -0.2) is 28.9 Å². The first-order valence-electron chi connectivity index (χ1n) is 6.18. The molecule has 0 aliphatic carbocycles. The fraction of sp³-hybridized carbons (Fsp3) is 0.571. The molecule has 108 valence electrons. The number of carbonyl (C=O) groups is 2. The third kappa shape index (κ3) is 6.20. The van der Waals surface area contributed by atoms with Gasteiger partial charge in [-0.2, -0.15) is 0 Å². The highest BCUT2D eigenvalue weighted by Crippen LogP contribution is 2.27. The van der Waals surface area contributed by atoms with Crippen molar-refractivity contribution in [1.82, 2.24) is 0 Å². The van der Waals surface area contributed by atoms with Crippen LogP contribution in [0.5, 0.6) is 0 Å². The molecule has 0 radical (unpaired) electrons. The molecule has 0 heterocycles. The lowest BCUT2D eigenvalue weighted by Crippen LogP contribution is -2.42. The first kappa shape index (κ1) is 17.4. The zero-order valence-electron chi connectivity index (χ0n) is 11.8. The minimum absolute atomic E-state index is 0.000556. The summed E-state index contributed by atoms with van der Waals surface area (Å²) in [5.74, 6) is -2.85. The second-order valence-electron chi connectivity index (χ2n) is 4.51. The number of ether oxygens (including phenoxy) is 2. The molecule has 0 aromatic heterocycles. The summed E-state index contributed by atoms with van der Waals surface area (Å²) in [4.78, 5) is 23.1. The topological polar surface area (TPSA) is 72.8 Å². The van der Waals surface area contributed by atoms with E-state index in [1.54, 1.807) is 0 Å². The van der Waals surface area contributed by atoms with Crippen LogP contribution in [0.1, 0.15) is 40.0 Å². The van der Waals surface area contributed by atoms with Crippen LogP contribution < -0.4 is 0 Å². The van der Waals surface area contributed by atoms with Gasteiger partial charge in [0.2, 0.25) is 0 Å². The SMILES string of the molecule is C=CC(=O)OC(CCC)(CC(C)O)OC(=O)C(=C)C. The van der Waals surface area contributed by atoms with Gasteiger partial charge in [-0.15, -0.1) is 0 Å². The maximum atomic E-state index is 11.7.